The fraction of sp³-hybridized carbons (Fsp3) is 0.176. The van der Waals surface area contributed by atoms with Crippen LogP contribution < -0.4 is 9.47 Å². The third kappa shape index (κ3) is 2.40. The van der Waals surface area contributed by atoms with Gasteiger partial charge < -0.3 is 9.47 Å². The zero-order chi connectivity index (χ0) is 14.8. The van der Waals surface area contributed by atoms with E-state index in [9.17, 15) is 0 Å². The van der Waals surface area contributed by atoms with Gasteiger partial charge in [0.05, 0.1) is 19.9 Å². The fourth-order valence-electron chi connectivity index (χ4n) is 2.41. The molecule has 0 bridgehead atoms. The molecular formula is C17H16N2O2. The first-order chi connectivity index (χ1) is 10.2. The van der Waals surface area contributed by atoms with Gasteiger partial charge in [-0.3, -0.25) is 9.97 Å². The largest absolute Gasteiger partial charge is 0.493 e. The van der Waals surface area contributed by atoms with Crippen molar-refractivity contribution in [2.75, 3.05) is 14.2 Å². The molecule has 0 fully saturated rings. The first kappa shape index (κ1) is 13.4. The smallest absolute Gasteiger partial charge is 0.161 e. The topological polar surface area (TPSA) is 44.2 Å². The Balaban J connectivity index is 2.24. The summed E-state index contributed by atoms with van der Waals surface area (Å²) in [5, 5.41) is 2.12. The molecule has 0 saturated carbocycles. The molecule has 0 N–H and O–H groups in total. The van der Waals surface area contributed by atoms with Crippen molar-refractivity contribution in [3.05, 3.63) is 48.4 Å². The molecule has 2 heterocycles. The second-order valence-corrected chi connectivity index (χ2v) is 4.76. The molecule has 21 heavy (non-hydrogen) atoms. The van der Waals surface area contributed by atoms with Gasteiger partial charge in [0, 0.05) is 29.0 Å². The van der Waals surface area contributed by atoms with Crippen LogP contribution in [0.25, 0.3) is 22.0 Å². The van der Waals surface area contributed by atoms with Gasteiger partial charge in [0.1, 0.15) is 0 Å². The molecule has 3 rings (SSSR count). The van der Waals surface area contributed by atoms with Crippen LogP contribution in [0.15, 0.2) is 42.7 Å². The SMILES string of the molecule is COc1cc2cc(-c3cccnc3)nc(C)c2cc1OC. The Morgan fingerprint density at radius 3 is 2.43 bits per heavy atom. The predicted molar refractivity (Wildman–Crippen MR) is 82.8 cm³/mol. The van der Waals surface area contributed by atoms with Crippen molar-refractivity contribution in [1.82, 2.24) is 9.97 Å². The summed E-state index contributed by atoms with van der Waals surface area (Å²) in [5.74, 6) is 1.43. The molecule has 3 aromatic rings. The summed E-state index contributed by atoms with van der Waals surface area (Å²) in [6.07, 6.45) is 3.57. The Morgan fingerprint density at radius 2 is 1.76 bits per heavy atom. The van der Waals surface area contributed by atoms with Crippen molar-refractivity contribution < 1.29 is 9.47 Å². The van der Waals surface area contributed by atoms with E-state index in [1.54, 1.807) is 20.4 Å². The van der Waals surface area contributed by atoms with Gasteiger partial charge in [-0.25, -0.2) is 0 Å². The van der Waals surface area contributed by atoms with Gasteiger partial charge >= 0.3 is 0 Å². The van der Waals surface area contributed by atoms with Gasteiger partial charge in [-0.15, -0.1) is 0 Å². The van der Waals surface area contributed by atoms with Crippen LogP contribution in [0, 0.1) is 6.92 Å². The summed E-state index contributed by atoms with van der Waals surface area (Å²) < 4.78 is 10.7. The van der Waals surface area contributed by atoms with Crippen LogP contribution in [0.4, 0.5) is 0 Å². The highest BCUT2D eigenvalue weighted by atomic mass is 16.5. The van der Waals surface area contributed by atoms with E-state index >= 15 is 0 Å². The number of pyridine rings is 2. The van der Waals surface area contributed by atoms with Crippen molar-refractivity contribution in [2.45, 2.75) is 6.92 Å². The van der Waals surface area contributed by atoms with E-state index in [1.807, 2.05) is 43.5 Å². The number of hydrogen-bond donors (Lipinski definition) is 0. The minimum absolute atomic E-state index is 0.712. The van der Waals surface area contributed by atoms with Crippen molar-refractivity contribution in [3.63, 3.8) is 0 Å². The normalized spacial score (nSPS) is 10.6. The Bertz CT molecular complexity index is 786. The lowest BCUT2D eigenvalue weighted by Gasteiger charge is -2.11. The lowest BCUT2D eigenvalue weighted by Crippen LogP contribution is -1.94. The molecule has 0 atom stereocenters. The van der Waals surface area contributed by atoms with Gasteiger partial charge in [-0.05, 0) is 42.6 Å². The molecule has 0 saturated heterocycles. The van der Waals surface area contributed by atoms with Gasteiger partial charge in [0.15, 0.2) is 11.5 Å². The number of rotatable bonds is 3. The molecule has 0 aliphatic carbocycles. The molecule has 2 aromatic heterocycles. The third-order valence-electron chi connectivity index (χ3n) is 3.48. The maximum absolute atomic E-state index is 5.37. The summed E-state index contributed by atoms with van der Waals surface area (Å²) in [7, 11) is 3.27. The van der Waals surface area contributed by atoms with Crippen LogP contribution in [0.2, 0.25) is 0 Å². The van der Waals surface area contributed by atoms with Crippen molar-refractivity contribution in [2.24, 2.45) is 0 Å². The van der Waals surface area contributed by atoms with Crippen molar-refractivity contribution >= 4 is 10.8 Å². The first-order valence-electron chi connectivity index (χ1n) is 6.66. The van der Waals surface area contributed by atoms with E-state index in [2.05, 4.69) is 9.97 Å². The van der Waals surface area contributed by atoms with E-state index in [1.165, 1.54) is 0 Å². The Hall–Kier alpha value is -2.62. The van der Waals surface area contributed by atoms with Crippen LogP contribution in [0.5, 0.6) is 11.5 Å². The van der Waals surface area contributed by atoms with Crippen LogP contribution in [0.1, 0.15) is 5.69 Å². The molecule has 0 unspecified atom stereocenters. The van der Waals surface area contributed by atoms with E-state index < -0.39 is 0 Å². The second-order valence-electron chi connectivity index (χ2n) is 4.76. The minimum atomic E-state index is 0.712. The van der Waals surface area contributed by atoms with Crippen molar-refractivity contribution in [3.8, 4) is 22.8 Å². The minimum Gasteiger partial charge on any atom is -0.493 e. The number of benzene rings is 1. The van der Waals surface area contributed by atoms with Gasteiger partial charge in [-0.2, -0.15) is 0 Å². The average molecular weight is 280 g/mol. The van der Waals surface area contributed by atoms with Crippen molar-refractivity contribution in [1.29, 1.82) is 0 Å². The first-order valence-corrected chi connectivity index (χ1v) is 6.66. The number of ether oxygens (including phenoxy) is 2. The molecule has 1 aromatic carbocycles. The quantitative estimate of drug-likeness (QED) is 0.735. The highest BCUT2D eigenvalue weighted by Gasteiger charge is 2.10. The molecule has 0 radical (unpaired) electrons. The Morgan fingerprint density at radius 1 is 1.00 bits per heavy atom. The zero-order valence-corrected chi connectivity index (χ0v) is 12.3. The second kappa shape index (κ2) is 5.40. The number of hydrogen-bond acceptors (Lipinski definition) is 4. The molecule has 0 aliphatic rings. The van der Waals surface area contributed by atoms with E-state index in [-0.39, 0.29) is 0 Å². The van der Waals surface area contributed by atoms with Gasteiger partial charge in [0.2, 0.25) is 0 Å². The lowest BCUT2D eigenvalue weighted by atomic mass is 10.1. The van der Waals surface area contributed by atoms with Crippen LogP contribution >= 0.6 is 0 Å². The predicted octanol–water partition coefficient (Wildman–Crippen LogP) is 3.62. The van der Waals surface area contributed by atoms with Crippen LogP contribution in [-0.4, -0.2) is 24.2 Å². The monoisotopic (exact) mass is 280 g/mol. The third-order valence-corrected chi connectivity index (χ3v) is 3.48. The summed E-state index contributed by atoms with van der Waals surface area (Å²) in [6, 6.07) is 9.89. The summed E-state index contributed by atoms with van der Waals surface area (Å²) in [4.78, 5) is 8.81. The molecule has 4 heteroatoms. The van der Waals surface area contributed by atoms with E-state index in [0.717, 1.165) is 27.7 Å². The van der Waals surface area contributed by atoms with Gasteiger partial charge in [-0.1, -0.05) is 0 Å². The molecular weight excluding hydrogens is 264 g/mol. The molecule has 0 aliphatic heterocycles. The summed E-state index contributed by atoms with van der Waals surface area (Å²) in [5.41, 5.74) is 2.85. The highest BCUT2D eigenvalue weighted by molar-refractivity contribution is 5.90. The molecule has 0 amide bonds. The highest BCUT2D eigenvalue weighted by Crippen LogP contribution is 2.34. The maximum Gasteiger partial charge on any atom is 0.161 e. The number of nitrogens with zero attached hydrogens (tertiary/aromatic N) is 2. The van der Waals surface area contributed by atoms with E-state index in [0.29, 0.717) is 11.5 Å². The van der Waals surface area contributed by atoms with Crippen LogP contribution in [0.3, 0.4) is 0 Å². The maximum atomic E-state index is 5.37. The summed E-state index contributed by atoms with van der Waals surface area (Å²) >= 11 is 0. The zero-order valence-electron chi connectivity index (χ0n) is 12.3. The molecule has 4 nitrogen and oxygen atoms in total. The average Bonchev–Trinajstić information content (AvgIpc) is 2.54. The number of methoxy groups -OCH3 is 2. The standard InChI is InChI=1S/C17H16N2O2/c1-11-14-9-17(21-3)16(20-2)8-13(14)7-15(19-11)12-5-4-6-18-10-12/h4-10H,1-3H3. The van der Waals surface area contributed by atoms with E-state index in [4.69, 9.17) is 9.47 Å². The lowest BCUT2D eigenvalue weighted by molar-refractivity contribution is 0.356. The molecule has 106 valence electrons. The molecule has 0 spiro atoms. The summed E-state index contributed by atoms with van der Waals surface area (Å²) in [6.45, 7) is 1.99. The number of fused-ring (bicyclic) bond motifs is 1. The Labute approximate surface area is 123 Å². The Kier molecular flexibility index (Phi) is 3.44. The van der Waals surface area contributed by atoms with Crippen LogP contribution in [-0.2, 0) is 0 Å². The van der Waals surface area contributed by atoms with Gasteiger partial charge in [0.25, 0.3) is 0 Å². The number of aromatic nitrogens is 2. The number of aryl methyl sites for hydroxylation is 1. The fourth-order valence-corrected chi connectivity index (χ4v) is 2.41.